The Hall–Kier alpha value is -2.11. The summed E-state index contributed by atoms with van der Waals surface area (Å²) in [4.78, 5) is 18.5. The normalized spacial score (nSPS) is 24.1. The van der Waals surface area contributed by atoms with Crippen LogP contribution in [-0.4, -0.2) is 49.6 Å². The van der Waals surface area contributed by atoms with Crippen molar-refractivity contribution in [1.82, 2.24) is 10.2 Å². The van der Waals surface area contributed by atoms with Crippen LogP contribution in [0.3, 0.4) is 0 Å². The first-order valence-corrected chi connectivity index (χ1v) is 9.02. The predicted octanol–water partition coefficient (Wildman–Crippen LogP) is 2.53. The minimum absolute atomic E-state index is 0.0174. The molecule has 0 spiro atoms. The lowest BCUT2D eigenvalue weighted by atomic mass is 9.97. The van der Waals surface area contributed by atoms with E-state index >= 15 is 0 Å². The Labute approximate surface area is 148 Å². The lowest BCUT2D eigenvalue weighted by Crippen LogP contribution is -2.47. The van der Waals surface area contributed by atoms with Gasteiger partial charge in [-0.15, -0.1) is 0 Å². The van der Waals surface area contributed by atoms with E-state index in [4.69, 9.17) is 4.74 Å². The van der Waals surface area contributed by atoms with Gasteiger partial charge >= 0.3 is 5.97 Å². The zero-order valence-electron chi connectivity index (χ0n) is 14.9. The number of rotatable bonds is 4. The van der Waals surface area contributed by atoms with Gasteiger partial charge in [0.1, 0.15) is 5.82 Å². The molecule has 1 aromatic carbocycles. The van der Waals surface area contributed by atoms with Crippen LogP contribution in [0, 0.1) is 11.7 Å². The number of ether oxygens (including phenoxy) is 1. The van der Waals surface area contributed by atoms with E-state index in [-0.39, 0.29) is 29.7 Å². The van der Waals surface area contributed by atoms with E-state index in [1.165, 1.54) is 13.2 Å². The molecule has 3 rings (SSSR count). The molecule has 1 aliphatic heterocycles. The van der Waals surface area contributed by atoms with Crippen molar-refractivity contribution in [2.75, 3.05) is 26.7 Å². The highest BCUT2D eigenvalue weighted by Gasteiger charge is 2.41. The smallest absolute Gasteiger partial charge is 0.308 e. The molecule has 1 N–H and O–H groups in total. The number of piperidine rings is 1. The van der Waals surface area contributed by atoms with Crippen molar-refractivity contribution >= 4 is 11.9 Å². The average Bonchev–Trinajstić information content (AvgIpc) is 3.40. The third kappa shape index (κ3) is 4.11. The first-order valence-electron chi connectivity index (χ1n) is 9.02. The molecule has 5 nitrogen and oxygen atoms in total. The molecule has 136 valence electrons. The van der Waals surface area contributed by atoms with Crippen LogP contribution in [0.5, 0.6) is 0 Å². The highest BCUT2D eigenvalue weighted by molar-refractivity contribution is 5.81. The molecular formula is C19H26FN3O2. The minimum atomic E-state index is -0.135. The Balaban J connectivity index is 1.58. The summed E-state index contributed by atoms with van der Waals surface area (Å²) in [6.07, 6.45) is 2.47. The topological polar surface area (TPSA) is 53.9 Å². The molecule has 2 aliphatic rings. The van der Waals surface area contributed by atoms with Crippen LogP contribution in [0.4, 0.5) is 4.39 Å². The maximum Gasteiger partial charge on any atom is 0.308 e. The SMILES string of the molecule is CCN=C(NC1CC1c1ccccc1F)N1CCC(C(=O)OC)CC1. The second-order valence-electron chi connectivity index (χ2n) is 6.70. The van der Waals surface area contributed by atoms with E-state index in [0.717, 1.165) is 43.9 Å². The van der Waals surface area contributed by atoms with E-state index in [2.05, 4.69) is 15.2 Å². The molecule has 2 atom stereocenters. The molecule has 1 heterocycles. The number of aliphatic imine (C=N–C) groups is 1. The van der Waals surface area contributed by atoms with Gasteiger partial charge < -0.3 is 15.0 Å². The van der Waals surface area contributed by atoms with Gasteiger partial charge in [-0.25, -0.2) is 4.39 Å². The summed E-state index contributed by atoms with van der Waals surface area (Å²) >= 11 is 0. The highest BCUT2D eigenvalue weighted by Crippen LogP contribution is 2.42. The number of guanidine groups is 1. The quantitative estimate of drug-likeness (QED) is 0.517. The summed E-state index contributed by atoms with van der Waals surface area (Å²) in [6.45, 7) is 4.26. The standard InChI is InChI=1S/C19H26FN3O2/c1-3-21-19(23-10-8-13(9-11-23)18(24)25-2)22-17-12-15(17)14-6-4-5-7-16(14)20/h4-7,13,15,17H,3,8-12H2,1-2H3,(H,21,22). The largest absolute Gasteiger partial charge is 0.469 e. The summed E-state index contributed by atoms with van der Waals surface area (Å²) in [7, 11) is 1.44. The van der Waals surface area contributed by atoms with Crippen molar-refractivity contribution in [2.45, 2.75) is 38.1 Å². The molecule has 0 amide bonds. The van der Waals surface area contributed by atoms with Gasteiger partial charge in [0, 0.05) is 31.6 Å². The summed E-state index contributed by atoms with van der Waals surface area (Å²) in [6, 6.07) is 7.20. The number of benzene rings is 1. The number of likely N-dealkylation sites (tertiary alicyclic amines) is 1. The molecule has 1 aromatic rings. The fourth-order valence-corrected chi connectivity index (χ4v) is 3.52. The monoisotopic (exact) mass is 347 g/mol. The van der Waals surface area contributed by atoms with Gasteiger partial charge in [0.05, 0.1) is 13.0 Å². The van der Waals surface area contributed by atoms with Crippen molar-refractivity contribution in [3.63, 3.8) is 0 Å². The number of halogens is 1. The first kappa shape index (κ1) is 17.7. The van der Waals surface area contributed by atoms with Crippen molar-refractivity contribution in [1.29, 1.82) is 0 Å². The number of esters is 1. The summed E-state index contributed by atoms with van der Waals surface area (Å²) in [5.74, 6) is 0.801. The first-order chi connectivity index (χ1) is 12.1. The zero-order chi connectivity index (χ0) is 17.8. The molecule has 1 saturated carbocycles. The second-order valence-corrected chi connectivity index (χ2v) is 6.70. The maximum atomic E-state index is 13.9. The van der Waals surface area contributed by atoms with Gasteiger partial charge in [-0.2, -0.15) is 0 Å². The van der Waals surface area contributed by atoms with E-state index in [1.54, 1.807) is 6.07 Å². The second kappa shape index (κ2) is 7.85. The van der Waals surface area contributed by atoms with Gasteiger partial charge in [-0.05, 0) is 37.8 Å². The van der Waals surface area contributed by atoms with E-state index < -0.39 is 0 Å². The van der Waals surface area contributed by atoms with E-state index in [0.29, 0.717) is 6.54 Å². The fraction of sp³-hybridized carbons (Fsp3) is 0.579. The number of methoxy groups -OCH3 is 1. The maximum absolute atomic E-state index is 13.9. The van der Waals surface area contributed by atoms with E-state index in [1.807, 2.05) is 19.1 Å². The van der Waals surface area contributed by atoms with Crippen LogP contribution in [-0.2, 0) is 9.53 Å². The van der Waals surface area contributed by atoms with Gasteiger partial charge in [0.15, 0.2) is 5.96 Å². The number of nitrogens with zero attached hydrogens (tertiary/aromatic N) is 2. The zero-order valence-corrected chi connectivity index (χ0v) is 14.9. The minimum Gasteiger partial charge on any atom is -0.469 e. The molecule has 2 fully saturated rings. The van der Waals surface area contributed by atoms with E-state index in [9.17, 15) is 9.18 Å². The van der Waals surface area contributed by atoms with Crippen LogP contribution < -0.4 is 5.32 Å². The third-order valence-electron chi connectivity index (χ3n) is 5.05. The Morgan fingerprint density at radius 3 is 2.72 bits per heavy atom. The van der Waals surface area contributed by atoms with Gasteiger partial charge in [-0.3, -0.25) is 9.79 Å². The van der Waals surface area contributed by atoms with Gasteiger partial charge in [0.2, 0.25) is 0 Å². The Bertz CT molecular complexity index is 641. The average molecular weight is 347 g/mol. The van der Waals surface area contributed by atoms with Crippen molar-refractivity contribution in [2.24, 2.45) is 10.9 Å². The molecule has 6 heteroatoms. The number of hydrogen-bond donors (Lipinski definition) is 1. The summed E-state index contributed by atoms with van der Waals surface area (Å²) in [5.41, 5.74) is 0.778. The van der Waals surface area contributed by atoms with Gasteiger partial charge in [-0.1, -0.05) is 18.2 Å². The molecule has 2 unspecified atom stereocenters. The molecule has 0 radical (unpaired) electrons. The van der Waals surface area contributed by atoms with Crippen LogP contribution in [0.25, 0.3) is 0 Å². The highest BCUT2D eigenvalue weighted by atomic mass is 19.1. The Morgan fingerprint density at radius 1 is 1.36 bits per heavy atom. The molecule has 1 aliphatic carbocycles. The van der Waals surface area contributed by atoms with Crippen molar-refractivity contribution < 1.29 is 13.9 Å². The molecular weight excluding hydrogens is 321 g/mol. The third-order valence-corrected chi connectivity index (χ3v) is 5.05. The molecule has 0 aromatic heterocycles. The van der Waals surface area contributed by atoms with Crippen molar-refractivity contribution in [3.8, 4) is 0 Å². The fourth-order valence-electron chi connectivity index (χ4n) is 3.52. The molecule has 25 heavy (non-hydrogen) atoms. The number of carbonyl (C=O) groups is 1. The lowest BCUT2D eigenvalue weighted by molar-refractivity contribution is -0.146. The van der Waals surface area contributed by atoms with Crippen LogP contribution in [0.2, 0.25) is 0 Å². The lowest BCUT2D eigenvalue weighted by Gasteiger charge is -2.33. The summed E-state index contributed by atoms with van der Waals surface area (Å²) in [5, 5.41) is 3.49. The van der Waals surface area contributed by atoms with Crippen molar-refractivity contribution in [3.05, 3.63) is 35.6 Å². The van der Waals surface area contributed by atoms with Gasteiger partial charge in [0.25, 0.3) is 0 Å². The Morgan fingerprint density at radius 2 is 2.08 bits per heavy atom. The molecule has 1 saturated heterocycles. The van der Waals surface area contributed by atoms with Crippen LogP contribution >= 0.6 is 0 Å². The van der Waals surface area contributed by atoms with Crippen LogP contribution in [0.1, 0.15) is 37.7 Å². The number of hydrogen-bond acceptors (Lipinski definition) is 3. The molecule has 0 bridgehead atoms. The van der Waals surface area contributed by atoms with Crippen LogP contribution in [0.15, 0.2) is 29.3 Å². The summed E-state index contributed by atoms with van der Waals surface area (Å²) < 4.78 is 18.8. The Kier molecular flexibility index (Phi) is 5.56. The number of nitrogens with one attached hydrogen (secondary N) is 1. The predicted molar refractivity (Wildman–Crippen MR) is 95.0 cm³/mol. The number of carbonyl (C=O) groups excluding carboxylic acids is 1.